The SMILES string of the molecule is O=C(Cc1cn2ccsc2n1)NC(c1ccccc1)c1ccccc1. The van der Waals surface area contributed by atoms with Crippen molar-refractivity contribution in [2.45, 2.75) is 12.5 Å². The molecule has 0 saturated carbocycles. The molecule has 4 nitrogen and oxygen atoms in total. The lowest BCUT2D eigenvalue weighted by molar-refractivity contribution is -0.121. The number of hydrogen-bond acceptors (Lipinski definition) is 3. The highest BCUT2D eigenvalue weighted by Gasteiger charge is 2.17. The molecule has 4 rings (SSSR count). The van der Waals surface area contributed by atoms with E-state index in [1.54, 1.807) is 11.3 Å². The average molecular weight is 347 g/mol. The summed E-state index contributed by atoms with van der Waals surface area (Å²) in [5, 5.41) is 5.13. The Morgan fingerprint density at radius 1 is 1.04 bits per heavy atom. The summed E-state index contributed by atoms with van der Waals surface area (Å²) in [4.78, 5) is 18.0. The van der Waals surface area contributed by atoms with Crippen LogP contribution in [0.25, 0.3) is 4.96 Å². The Labute approximate surface area is 149 Å². The summed E-state index contributed by atoms with van der Waals surface area (Å²) >= 11 is 1.56. The van der Waals surface area contributed by atoms with Gasteiger partial charge in [-0.3, -0.25) is 9.20 Å². The van der Waals surface area contributed by atoms with Gasteiger partial charge < -0.3 is 5.32 Å². The van der Waals surface area contributed by atoms with Gasteiger partial charge in [0, 0.05) is 17.8 Å². The van der Waals surface area contributed by atoms with Gasteiger partial charge in [0.25, 0.3) is 0 Å². The molecule has 0 atom stereocenters. The van der Waals surface area contributed by atoms with Crippen molar-refractivity contribution in [1.29, 1.82) is 0 Å². The van der Waals surface area contributed by atoms with E-state index in [9.17, 15) is 4.79 Å². The van der Waals surface area contributed by atoms with E-state index in [2.05, 4.69) is 10.3 Å². The van der Waals surface area contributed by atoms with Crippen molar-refractivity contribution < 1.29 is 4.79 Å². The zero-order chi connectivity index (χ0) is 17.1. The number of hydrogen-bond donors (Lipinski definition) is 1. The molecule has 124 valence electrons. The number of fused-ring (bicyclic) bond motifs is 1. The van der Waals surface area contributed by atoms with E-state index in [1.165, 1.54) is 0 Å². The molecule has 4 aromatic rings. The Morgan fingerprint density at radius 2 is 1.68 bits per heavy atom. The summed E-state index contributed by atoms with van der Waals surface area (Å²) in [7, 11) is 0. The van der Waals surface area contributed by atoms with Crippen molar-refractivity contribution in [3.8, 4) is 0 Å². The van der Waals surface area contributed by atoms with Crippen molar-refractivity contribution >= 4 is 22.2 Å². The number of carbonyl (C=O) groups is 1. The molecule has 0 aliphatic heterocycles. The zero-order valence-electron chi connectivity index (χ0n) is 13.5. The van der Waals surface area contributed by atoms with Gasteiger partial charge in [0.2, 0.25) is 5.91 Å². The van der Waals surface area contributed by atoms with Crippen LogP contribution < -0.4 is 5.32 Å². The van der Waals surface area contributed by atoms with Crippen LogP contribution in [-0.4, -0.2) is 15.3 Å². The van der Waals surface area contributed by atoms with Crippen LogP contribution >= 0.6 is 11.3 Å². The largest absolute Gasteiger partial charge is 0.345 e. The number of rotatable bonds is 5. The van der Waals surface area contributed by atoms with Gasteiger partial charge in [0.1, 0.15) is 0 Å². The Bertz CT molecular complexity index is 908. The third kappa shape index (κ3) is 3.46. The maximum atomic E-state index is 12.6. The number of imidazole rings is 1. The van der Waals surface area contributed by atoms with Gasteiger partial charge in [-0.2, -0.15) is 0 Å². The molecule has 2 aromatic heterocycles. The number of amides is 1. The van der Waals surface area contributed by atoms with Crippen LogP contribution in [0.1, 0.15) is 22.9 Å². The lowest BCUT2D eigenvalue weighted by Crippen LogP contribution is -2.30. The summed E-state index contributed by atoms with van der Waals surface area (Å²) in [5.41, 5.74) is 2.91. The second-order valence-corrected chi connectivity index (χ2v) is 6.70. The van der Waals surface area contributed by atoms with E-state index in [4.69, 9.17) is 0 Å². The molecular weight excluding hydrogens is 330 g/mol. The fourth-order valence-electron chi connectivity index (χ4n) is 2.89. The second-order valence-electron chi connectivity index (χ2n) is 5.82. The Kier molecular flexibility index (Phi) is 4.31. The third-order valence-electron chi connectivity index (χ3n) is 4.06. The highest BCUT2D eigenvalue weighted by Crippen LogP contribution is 2.22. The quantitative estimate of drug-likeness (QED) is 0.596. The standard InChI is InChI=1S/C20H17N3OS/c24-18(13-17-14-23-11-12-25-20(23)21-17)22-19(15-7-3-1-4-8-15)16-9-5-2-6-10-16/h1-12,14,19H,13H2,(H,22,24). The van der Waals surface area contributed by atoms with E-state index < -0.39 is 0 Å². The summed E-state index contributed by atoms with van der Waals surface area (Å²) in [6.07, 6.45) is 4.13. The molecular formula is C20H17N3OS. The van der Waals surface area contributed by atoms with E-state index in [0.717, 1.165) is 21.8 Å². The predicted octanol–water partition coefficient (Wildman–Crippen LogP) is 3.84. The topological polar surface area (TPSA) is 46.4 Å². The van der Waals surface area contributed by atoms with Gasteiger partial charge in [-0.15, -0.1) is 11.3 Å². The Hall–Kier alpha value is -2.92. The van der Waals surface area contributed by atoms with Gasteiger partial charge in [0.15, 0.2) is 4.96 Å². The van der Waals surface area contributed by atoms with Gasteiger partial charge in [0.05, 0.1) is 18.2 Å². The molecule has 2 heterocycles. The third-order valence-corrected chi connectivity index (χ3v) is 4.83. The van der Waals surface area contributed by atoms with Crippen LogP contribution in [0, 0.1) is 0 Å². The summed E-state index contributed by atoms with van der Waals surface area (Å²) in [6.45, 7) is 0. The van der Waals surface area contributed by atoms with Crippen LogP contribution in [0.5, 0.6) is 0 Å². The minimum atomic E-state index is -0.168. The van der Waals surface area contributed by atoms with Gasteiger partial charge in [-0.1, -0.05) is 60.7 Å². The van der Waals surface area contributed by atoms with Crippen molar-refractivity contribution in [2.24, 2.45) is 0 Å². The molecule has 0 unspecified atom stereocenters. The second kappa shape index (κ2) is 6.91. The van der Waals surface area contributed by atoms with Crippen molar-refractivity contribution in [3.63, 3.8) is 0 Å². The lowest BCUT2D eigenvalue weighted by Gasteiger charge is -2.19. The molecule has 1 N–H and O–H groups in total. The molecule has 0 spiro atoms. The van der Waals surface area contributed by atoms with E-state index in [1.807, 2.05) is 82.8 Å². The highest BCUT2D eigenvalue weighted by atomic mass is 32.1. The van der Waals surface area contributed by atoms with E-state index >= 15 is 0 Å². The van der Waals surface area contributed by atoms with Gasteiger partial charge in [-0.25, -0.2) is 4.98 Å². The maximum absolute atomic E-state index is 12.6. The maximum Gasteiger partial charge on any atom is 0.226 e. The number of nitrogens with zero attached hydrogens (tertiary/aromatic N) is 2. The van der Waals surface area contributed by atoms with Crippen molar-refractivity contribution in [3.05, 3.63) is 95.3 Å². The van der Waals surface area contributed by atoms with E-state index in [-0.39, 0.29) is 18.4 Å². The fourth-order valence-corrected chi connectivity index (χ4v) is 3.61. The normalized spacial score (nSPS) is 11.1. The zero-order valence-corrected chi connectivity index (χ0v) is 14.3. The van der Waals surface area contributed by atoms with Gasteiger partial charge >= 0.3 is 0 Å². The van der Waals surface area contributed by atoms with Crippen molar-refractivity contribution in [2.75, 3.05) is 0 Å². The number of carbonyl (C=O) groups excluding carboxylic acids is 1. The minimum Gasteiger partial charge on any atom is -0.345 e. The highest BCUT2D eigenvalue weighted by molar-refractivity contribution is 7.15. The average Bonchev–Trinajstić information content (AvgIpc) is 3.23. The summed E-state index contributed by atoms with van der Waals surface area (Å²) in [5.74, 6) is -0.0385. The fraction of sp³-hybridized carbons (Fsp3) is 0.100. The molecule has 0 fully saturated rings. The van der Waals surface area contributed by atoms with Crippen LogP contribution in [0.15, 0.2) is 78.4 Å². The molecule has 0 saturated heterocycles. The molecule has 0 aliphatic carbocycles. The summed E-state index contributed by atoms with van der Waals surface area (Å²) < 4.78 is 1.94. The molecule has 5 heteroatoms. The first kappa shape index (κ1) is 15.6. The first-order chi connectivity index (χ1) is 12.3. The number of thiazole rings is 1. The predicted molar refractivity (Wildman–Crippen MR) is 99.6 cm³/mol. The molecule has 0 radical (unpaired) electrons. The van der Waals surface area contributed by atoms with Crippen molar-refractivity contribution in [1.82, 2.24) is 14.7 Å². The van der Waals surface area contributed by atoms with Crippen LogP contribution in [0.2, 0.25) is 0 Å². The molecule has 25 heavy (non-hydrogen) atoms. The number of benzene rings is 2. The molecule has 0 bridgehead atoms. The monoisotopic (exact) mass is 347 g/mol. The van der Waals surface area contributed by atoms with Crippen LogP contribution in [0.4, 0.5) is 0 Å². The lowest BCUT2D eigenvalue weighted by atomic mass is 9.98. The minimum absolute atomic E-state index is 0.0385. The van der Waals surface area contributed by atoms with Crippen LogP contribution in [-0.2, 0) is 11.2 Å². The number of aromatic nitrogens is 2. The number of nitrogens with one attached hydrogen (secondary N) is 1. The Morgan fingerprint density at radius 3 is 2.28 bits per heavy atom. The van der Waals surface area contributed by atoms with Crippen LogP contribution in [0.3, 0.4) is 0 Å². The van der Waals surface area contributed by atoms with E-state index in [0.29, 0.717) is 0 Å². The smallest absolute Gasteiger partial charge is 0.226 e. The molecule has 1 amide bonds. The first-order valence-corrected chi connectivity index (χ1v) is 8.98. The first-order valence-electron chi connectivity index (χ1n) is 8.10. The molecule has 2 aromatic carbocycles. The van der Waals surface area contributed by atoms with Gasteiger partial charge in [-0.05, 0) is 11.1 Å². The molecule has 0 aliphatic rings. The Balaban J connectivity index is 1.55. The summed E-state index contributed by atoms with van der Waals surface area (Å²) in [6, 6.07) is 19.9.